The molecule has 2 nitrogen and oxygen atoms in total. The summed E-state index contributed by atoms with van der Waals surface area (Å²) < 4.78 is 1.10. The van der Waals surface area contributed by atoms with E-state index in [1.54, 1.807) is 0 Å². The molecule has 1 aliphatic heterocycles. The predicted molar refractivity (Wildman–Crippen MR) is 85.5 cm³/mol. The van der Waals surface area contributed by atoms with Gasteiger partial charge in [0, 0.05) is 28.6 Å². The molecular formula is C15H22BrClN2. The largest absolute Gasteiger partial charge is 0.329 e. The lowest BCUT2D eigenvalue weighted by atomic mass is 9.93. The van der Waals surface area contributed by atoms with Crippen LogP contribution >= 0.6 is 27.5 Å². The molecule has 1 aliphatic rings. The molecule has 4 heteroatoms. The lowest BCUT2D eigenvalue weighted by Gasteiger charge is -2.38. The Morgan fingerprint density at radius 3 is 3.00 bits per heavy atom. The van der Waals surface area contributed by atoms with Crippen molar-refractivity contribution in [2.75, 3.05) is 19.6 Å². The topological polar surface area (TPSA) is 29.3 Å². The van der Waals surface area contributed by atoms with Crippen LogP contribution in [-0.4, -0.2) is 24.5 Å². The van der Waals surface area contributed by atoms with Crippen LogP contribution in [-0.2, 0) is 0 Å². The predicted octanol–water partition coefficient (Wildman–Crippen LogP) is 4.22. The maximum absolute atomic E-state index is 6.13. The van der Waals surface area contributed by atoms with E-state index in [0.29, 0.717) is 6.54 Å². The van der Waals surface area contributed by atoms with E-state index in [2.05, 4.69) is 27.8 Å². The van der Waals surface area contributed by atoms with Crippen LogP contribution in [0.2, 0.25) is 5.02 Å². The number of halogens is 2. The third-order valence-corrected chi connectivity index (χ3v) is 5.07. The quantitative estimate of drug-likeness (QED) is 0.885. The second kappa shape index (κ2) is 7.07. The van der Waals surface area contributed by atoms with Crippen LogP contribution in [0.3, 0.4) is 0 Å². The van der Waals surface area contributed by atoms with E-state index in [4.69, 9.17) is 17.3 Å². The molecule has 0 spiro atoms. The van der Waals surface area contributed by atoms with E-state index in [9.17, 15) is 0 Å². The average molecular weight is 346 g/mol. The summed E-state index contributed by atoms with van der Waals surface area (Å²) in [5, 5.41) is 0.778. The molecule has 1 aromatic rings. The molecule has 2 atom stereocenters. The fraction of sp³-hybridized carbons (Fsp3) is 0.600. The van der Waals surface area contributed by atoms with Crippen molar-refractivity contribution < 1.29 is 0 Å². The van der Waals surface area contributed by atoms with Crippen molar-refractivity contribution >= 4 is 27.5 Å². The monoisotopic (exact) mass is 344 g/mol. The van der Waals surface area contributed by atoms with Crippen LogP contribution in [0.15, 0.2) is 22.7 Å². The molecule has 0 bridgehead atoms. The van der Waals surface area contributed by atoms with Crippen molar-refractivity contribution in [3.8, 4) is 0 Å². The Morgan fingerprint density at radius 2 is 2.32 bits per heavy atom. The number of nitrogens with two attached hydrogens (primary N) is 1. The summed E-state index contributed by atoms with van der Waals surface area (Å²) in [6.45, 7) is 5.20. The number of likely N-dealkylation sites (tertiary alicyclic amines) is 1. The minimum atomic E-state index is 0.266. The second-order valence-corrected chi connectivity index (χ2v) is 6.62. The fourth-order valence-electron chi connectivity index (χ4n) is 2.96. The highest BCUT2D eigenvalue weighted by atomic mass is 79.9. The molecule has 0 amide bonds. The van der Waals surface area contributed by atoms with Crippen LogP contribution in [0.4, 0.5) is 0 Å². The van der Waals surface area contributed by atoms with Gasteiger partial charge in [0.15, 0.2) is 0 Å². The van der Waals surface area contributed by atoms with Gasteiger partial charge < -0.3 is 5.73 Å². The molecule has 2 rings (SSSR count). The average Bonchev–Trinajstić information content (AvgIpc) is 2.44. The van der Waals surface area contributed by atoms with Gasteiger partial charge in [0.25, 0.3) is 0 Å². The third kappa shape index (κ3) is 3.72. The maximum Gasteiger partial charge on any atom is 0.0482 e. The Labute approximate surface area is 129 Å². The zero-order chi connectivity index (χ0) is 13.8. The molecule has 1 heterocycles. The van der Waals surface area contributed by atoms with Crippen molar-refractivity contribution in [3.05, 3.63) is 33.3 Å². The molecule has 0 aliphatic carbocycles. The van der Waals surface area contributed by atoms with Crippen molar-refractivity contribution in [1.29, 1.82) is 0 Å². The van der Waals surface area contributed by atoms with Gasteiger partial charge >= 0.3 is 0 Å². The first-order valence-corrected chi connectivity index (χ1v) is 8.21. The summed E-state index contributed by atoms with van der Waals surface area (Å²) in [5.74, 6) is 0.806. The molecule has 19 heavy (non-hydrogen) atoms. The Balaban J connectivity index is 2.21. The van der Waals surface area contributed by atoms with E-state index in [1.807, 2.05) is 18.2 Å². The van der Waals surface area contributed by atoms with Crippen LogP contribution in [0.25, 0.3) is 0 Å². The summed E-state index contributed by atoms with van der Waals surface area (Å²) in [6, 6.07) is 6.23. The third-order valence-electron chi connectivity index (χ3n) is 4.11. The Bertz CT molecular complexity index is 425. The summed E-state index contributed by atoms with van der Waals surface area (Å²) in [6.07, 6.45) is 3.87. The lowest BCUT2D eigenvalue weighted by Crippen LogP contribution is -2.41. The maximum atomic E-state index is 6.13. The van der Waals surface area contributed by atoms with E-state index in [-0.39, 0.29) is 6.04 Å². The van der Waals surface area contributed by atoms with Gasteiger partial charge in [0.2, 0.25) is 0 Å². The summed E-state index contributed by atoms with van der Waals surface area (Å²) in [5.41, 5.74) is 7.25. The SMILES string of the molecule is CCC1CCCN(C(CN)c2cc(Cl)ccc2Br)C1. The van der Waals surface area contributed by atoms with Gasteiger partial charge in [-0.2, -0.15) is 0 Å². The Hall–Kier alpha value is -0.0900. The van der Waals surface area contributed by atoms with E-state index in [0.717, 1.165) is 28.5 Å². The first-order valence-electron chi connectivity index (χ1n) is 7.04. The number of benzene rings is 1. The van der Waals surface area contributed by atoms with Crippen LogP contribution < -0.4 is 5.73 Å². The van der Waals surface area contributed by atoms with Crippen molar-refractivity contribution in [2.24, 2.45) is 11.7 Å². The van der Waals surface area contributed by atoms with Crippen molar-refractivity contribution in [1.82, 2.24) is 4.90 Å². The Kier molecular flexibility index (Phi) is 5.70. The summed E-state index contributed by atoms with van der Waals surface area (Å²) in [4.78, 5) is 2.52. The Morgan fingerprint density at radius 1 is 1.53 bits per heavy atom. The number of nitrogens with zero attached hydrogens (tertiary/aromatic N) is 1. The highest BCUT2D eigenvalue weighted by Gasteiger charge is 2.26. The second-order valence-electron chi connectivity index (χ2n) is 5.33. The molecule has 1 saturated heterocycles. The highest BCUT2D eigenvalue weighted by molar-refractivity contribution is 9.10. The van der Waals surface area contributed by atoms with Crippen molar-refractivity contribution in [2.45, 2.75) is 32.2 Å². The van der Waals surface area contributed by atoms with Gasteiger partial charge in [-0.25, -0.2) is 0 Å². The molecule has 0 saturated carbocycles. The number of hydrogen-bond donors (Lipinski definition) is 1. The van der Waals surface area contributed by atoms with E-state index < -0.39 is 0 Å². The molecule has 106 valence electrons. The molecule has 2 N–H and O–H groups in total. The number of hydrogen-bond acceptors (Lipinski definition) is 2. The van der Waals surface area contributed by atoms with Crippen molar-refractivity contribution in [3.63, 3.8) is 0 Å². The standard InChI is InChI=1S/C15H22BrClN2/c1-2-11-4-3-7-19(10-11)15(9-18)13-8-12(17)5-6-14(13)16/h5-6,8,11,15H,2-4,7,9-10,18H2,1H3. The number of piperidine rings is 1. The normalized spacial score (nSPS) is 22.4. The molecular weight excluding hydrogens is 324 g/mol. The minimum Gasteiger partial charge on any atom is -0.329 e. The molecule has 2 unspecified atom stereocenters. The lowest BCUT2D eigenvalue weighted by molar-refractivity contribution is 0.124. The van der Waals surface area contributed by atoms with Gasteiger partial charge in [-0.3, -0.25) is 4.90 Å². The van der Waals surface area contributed by atoms with Gasteiger partial charge in [0.05, 0.1) is 0 Å². The zero-order valence-electron chi connectivity index (χ0n) is 11.4. The van der Waals surface area contributed by atoms with E-state index >= 15 is 0 Å². The fourth-order valence-corrected chi connectivity index (χ4v) is 3.65. The summed E-state index contributed by atoms with van der Waals surface area (Å²) >= 11 is 9.76. The molecule has 0 radical (unpaired) electrons. The highest BCUT2D eigenvalue weighted by Crippen LogP contribution is 2.33. The van der Waals surface area contributed by atoms with Crippen LogP contribution in [0.5, 0.6) is 0 Å². The zero-order valence-corrected chi connectivity index (χ0v) is 13.8. The van der Waals surface area contributed by atoms with Gasteiger partial charge in [-0.15, -0.1) is 0 Å². The van der Waals surface area contributed by atoms with Crippen LogP contribution in [0, 0.1) is 5.92 Å². The van der Waals surface area contributed by atoms with Crippen LogP contribution in [0.1, 0.15) is 37.8 Å². The van der Waals surface area contributed by atoms with E-state index in [1.165, 1.54) is 24.8 Å². The first-order chi connectivity index (χ1) is 9.15. The minimum absolute atomic E-state index is 0.266. The molecule has 1 fully saturated rings. The molecule has 0 aromatic heterocycles. The molecule has 1 aromatic carbocycles. The first kappa shape index (κ1) is 15.3. The smallest absolute Gasteiger partial charge is 0.0482 e. The van der Waals surface area contributed by atoms with Gasteiger partial charge in [-0.05, 0) is 49.1 Å². The number of rotatable bonds is 4. The van der Waals surface area contributed by atoms with Gasteiger partial charge in [-0.1, -0.05) is 40.9 Å². The van der Waals surface area contributed by atoms with Gasteiger partial charge in [0.1, 0.15) is 0 Å². The summed E-state index contributed by atoms with van der Waals surface area (Å²) in [7, 11) is 0.